The molecule has 0 unspecified atom stereocenters. The van der Waals surface area contributed by atoms with Crippen LogP contribution in [0.2, 0.25) is 0 Å². The largest absolute Gasteiger partial charge is 0.358 e. The van der Waals surface area contributed by atoms with E-state index in [0.29, 0.717) is 19.0 Å². The van der Waals surface area contributed by atoms with Gasteiger partial charge in [0.1, 0.15) is 0 Å². The lowest BCUT2D eigenvalue weighted by atomic mass is 10.2. The van der Waals surface area contributed by atoms with Crippen LogP contribution in [0.5, 0.6) is 0 Å². The van der Waals surface area contributed by atoms with Crippen LogP contribution in [-0.2, 0) is 14.8 Å². The van der Waals surface area contributed by atoms with Crippen molar-refractivity contribution in [2.24, 2.45) is 5.92 Å². The fourth-order valence-electron chi connectivity index (χ4n) is 2.19. The first-order valence-corrected chi connectivity index (χ1v) is 9.45. The highest BCUT2D eigenvalue weighted by molar-refractivity contribution is 7.89. The van der Waals surface area contributed by atoms with Crippen LogP contribution < -0.4 is 10.0 Å². The first-order chi connectivity index (χ1) is 11.4. The minimum Gasteiger partial charge on any atom is -0.358 e. The van der Waals surface area contributed by atoms with Gasteiger partial charge in [0.15, 0.2) is 0 Å². The Hall–Kier alpha value is -1.93. The van der Waals surface area contributed by atoms with E-state index in [4.69, 9.17) is 0 Å². The molecule has 0 heterocycles. The minimum absolute atomic E-state index is 0.0602. The third-order valence-corrected chi connectivity index (χ3v) is 5.35. The van der Waals surface area contributed by atoms with Crippen LogP contribution in [0, 0.1) is 5.92 Å². The molecule has 0 bridgehead atoms. The maximum absolute atomic E-state index is 12.5. The van der Waals surface area contributed by atoms with Gasteiger partial charge in [-0.15, -0.1) is 0 Å². The molecule has 2 N–H and O–H groups in total. The van der Waals surface area contributed by atoms with Crippen molar-refractivity contribution in [1.82, 2.24) is 14.9 Å². The summed E-state index contributed by atoms with van der Waals surface area (Å²) in [4.78, 5) is 25.4. The summed E-state index contributed by atoms with van der Waals surface area (Å²) in [7, 11) is -2.13. The normalized spacial score (nSPS) is 14.2. The Labute approximate surface area is 142 Å². The maximum atomic E-state index is 12.5. The lowest BCUT2D eigenvalue weighted by Gasteiger charge is -2.20. The van der Waals surface area contributed by atoms with E-state index >= 15 is 0 Å². The standard InChI is InChI=1S/C16H23N3O4S/c1-3-19(11-15(20)17-2)16(21)13-5-4-6-14(9-13)24(22,23)18-10-12-7-8-12/h4-6,9,12,18H,3,7-8,10-11H2,1-2H3,(H,17,20). The Balaban J connectivity index is 2.15. The van der Waals surface area contributed by atoms with Gasteiger partial charge < -0.3 is 10.2 Å². The number of amides is 2. The summed E-state index contributed by atoms with van der Waals surface area (Å²) in [6.07, 6.45) is 2.10. The molecule has 8 heteroatoms. The highest BCUT2D eigenvalue weighted by Crippen LogP contribution is 2.28. The zero-order chi connectivity index (χ0) is 17.7. The average Bonchev–Trinajstić information content (AvgIpc) is 3.41. The highest BCUT2D eigenvalue weighted by atomic mass is 32.2. The van der Waals surface area contributed by atoms with Gasteiger partial charge in [-0.05, 0) is 43.9 Å². The molecule has 0 aromatic heterocycles. The summed E-state index contributed by atoms with van der Waals surface area (Å²) < 4.78 is 27.2. The first-order valence-electron chi connectivity index (χ1n) is 7.97. The van der Waals surface area contributed by atoms with Crippen LogP contribution in [0.25, 0.3) is 0 Å². The lowest BCUT2D eigenvalue weighted by molar-refractivity contribution is -0.121. The lowest BCUT2D eigenvalue weighted by Crippen LogP contribution is -2.39. The van der Waals surface area contributed by atoms with Gasteiger partial charge in [0.2, 0.25) is 15.9 Å². The molecular formula is C16H23N3O4S. The number of likely N-dealkylation sites (N-methyl/N-ethyl adjacent to an activating group) is 2. The molecule has 7 nitrogen and oxygen atoms in total. The Kier molecular flexibility index (Phi) is 5.95. The number of hydrogen-bond acceptors (Lipinski definition) is 4. The molecule has 0 spiro atoms. The van der Waals surface area contributed by atoms with E-state index in [2.05, 4.69) is 10.0 Å². The Morgan fingerprint density at radius 1 is 1.29 bits per heavy atom. The van der Waals surface area contributed by atoms with E-state index in [1.54, 1.807) is 13.0 Å². The van der Waals surface area contributed by atoms with Crippen LogP contribution >= 0.6 is 0 Å². The van der Waals surface area contributed by atoms with Crippen molar-refractivity contribution in [3.05, 3.63) is 29.8 Å². The van der Waals surface area contributed by atoms with Crippen molar-refractivity contribution in [2.45, 2.75) is 24.7 Å². The Morgan fingerprint density at radius 2 is 2.00 bits per heavy atom. The second kappa shape index (κ2) is 7.76. The average molecular weight is 353 g/mol. The molecule has 0 atom stereocenters. The summed E-state index contributed by atoms with van der Waals surface area (Å²) in [5.41, 5.74) is 0.245. The Bertz CT molecular complexity index is 714. The minimum atomic E-state index is -3.63. The SMILES string of the molecule is CCN(CC(=O)NC)C(=O)c1cccc(S(=O)(=O)NCC2CC2)c1. The van der Waals surface area contributed by atoms with Gasteiger partial charge in [-0.2, -0.15) is 0 Å². The zero-order valence-corrected chi connectivity index (χ0v) is 14.7. The van der Waals surface area contributed by atoms with E-state index in [1.165, 1.54) is 30.1 Å². The fraction of sp³-hybridized carbons (Fsp3) is 0.500. The van der Waals surface area contributed by atoms with Gasteiger partial charge in [-0.3, -0.25) is 9.59 Å². The summed E-state index contributed by atoms with van der Waals surface area (Å²) >= 11 is 0. The van der Waals surface area contributed by atoms with Crippen molar-refractivity contribution < 1.29 is 18.0 Å². The van der Waals surface area contributed by atoms with Gasteiger partial charge in [-0.1, -0.05) is 6.07 Å². The number of nitrogens with zero attached hydrogens (tertiary/aromatic N) is 1. The van der Waals surface area contributed by atoms with E-state index < -0.39 is 10.0 Å². The summed E-state index contributed by atoms with van der Waals surface area (Å²) in [6, 6.07) is 5.90. The van der Waals surface area contributed by atoms with Gasteiger partial charge in [0, 0.05) is 25.7 Å². The monoisotopic (exact) mass is 353 g/mol. The number of hydrogen-bond donors (Lipinski definition) is 2. The summed E-state index contributed by atoms with van der Waals surface area (Å²) in [5.74, 6) is -0.229. The van der Waals surface area contributed by atoms with Gasteiger partial charge in [0.05, 0.1) is 11.4 Å². The van der Waals surface area contributed by atoms with Gasteiger partial charge in [0.25, 0.3) is 5.91 Å². The molecule has 1 aliphatic carbocycles. The molecule has 1 aromatic rings. The molecule has 24 heavy (non-hydrogen) atoms. The molecule has 0 radical (unpaired) electrons. The summed E-state index contributed by atoms with van der Waals surface area (Å²) in [5, 5.41) is 2.47. The smallest absolute Gasteiger partial charge is 0.254 e. The number of sulfonamides is 1. The zero-order valence-electron chi connectivity index (χ0n) is 13.9. The van der Waals surface area contributed by atoms with Crippen LogP contribution in [0.3, 0.4) is 0 Å². The van der Waals surface area contributed by atoms with Crippen LogP contribution in [0.1, 0.15) is 30.1 Å². The molecule has 2 amide bonds. The maximum Gasteiger partial charge on any atom is 0.254 e. The second-order valence-corrected chi connectivity index (χ2v) is 7.58. The van der Waals surface area contributed by atoms with E-state index in [1.807, 2.05) is 0 Å². The Morgan fingerprint density at radius 3 is 2.58 bits per heavy atom. The highest BCUT2D eigenvalue weighted by Gasteiger charge is 2.25. The van der Waals surface area contributed by atoms with Crippen molar-refractivity contribution in [2.75, 3.05) is 26.7 Å². The van der Waals surface area contributed by atoms with Gasteiger partial charge in [-0.25, -0.2) is 13.1 Å². The van der Waals surface area contributed by atoms with E-state index in [0.717, 1.165) is 12.8 Å². The fourth-order valence-corrected chi connectivity index (χ4v) is 3.35. The number of benzene rings is 1. The number of nitrogens with one attached hydrogen (secondary N) is 2. The number of carbonyl (C=O) groups is 2. The van der Waals surface area contributed by atoms with Crippen LogP contribution in [0.4, 0.5) is 0 Å². The number of rotatable bonds is 8. The van der Waals surface area contributed by atoms with Crippen molar-refractivity contribution >= 4 is 21.8 Å². The molecule has 0 saturated heterocycles. The third-order valence-electron chi connectivity index (χ3n) is 3.93. The molecule has 1 aromatic carbocycles. The van der Waals surface area contributed by atoms with Gasteiger partial charge >= 0.3 is 0 Å². The number of carbonyl (C=O) groups excluding carboxylic acids is 2. The molecule has 1 aliphatic rings. The molecular weight excluding hydrogens is 330 g/mol. The first kappa shape index (κ1) is 18.4. The molecule has 132 valence electrons. The van der Waals surface area contributed by atoms with Crippen LogP contribution in [0.15, 0.2) is 29.2 Å². The van der Waals surface area contributed by atoms with Crippen molar-refractivity contribution in [3.8, 4) is 0 Å². The van der Waals surface area contributed by atoms with E-state index in [-0.39, 0.29) is 28.8 Å². The molecule has 1 fully saturated rings. The predicted molar refractivity (Wildman–Crippen MR) is 90.0 cm³/mol. The van der Waals surface area contributed by atoms with Crippen molar-refractivity contribution in [3.63, 3.8) is 0 Å². The predicted octanol–water partition coefficient (Wildman–Crippen LogP) is 0.583. The molecule has 1 saturated carbocycles. The van der Waals surface area contributed by atoms with E-state index in [9.17, 15) is 18.0 Å². The molecule has 2 rings (SSSR count). The third kappa shape index (κ3) is 4.78. The molecule has 0 aliphatic heterocycles. The van der Waals surface area contributed by atoms with Crippen molar-refractivity contribution in [1.29, 1.82) is 0 Å². The topological polar surface area (TPSA) is 95.6 Å². The summed E-state index contributed by atoms with van der Waals surface area (Å²) in [6.45, 7) is 2.47. The quantitative estimate of drug-likeness (QED) is 0.715. The second-order valence-electron chi connectivity index (χ2n) is 5.82. The van der Waals surface area contributed by atoms with Crippen LogP contribution in [-0.4, -0.2) is 51.8 Å².